The Kier molecular flexibility index (Phi) is 7.18. The fourth-order valence-corrected chi connectivity index (χ4v) is 5.42. The first-order chi connectivity index (χ1) is 16.1. The molecule has 1 aliphatic heterocycles. The Bertz CT molecular complexity index is 1400. The fourth-order valence-electron chi connectivity index (χ4n) is 3.13. The van der Waals surface area contributed by atoms with Crippen LogP contribution in [0.2, 0.25) is 5.02 Å². The summed E-state index contributed by atoms with van der Waals surface area (Å²) in [6, 6.07) is 17.9. The lowest BCUT2D eigenvalue weighted by Crippen LogP contribution is -2.27. The molecule has 4 rings (SSSR count). The number of thioether (sulfide) groups is 1. The molecular formula is C24H17BrClNO5S2. The van der Waals surface area contributed by atoms with Crippen molar-refractivity contribution in [1.29, 1.82) is 0 Å². The number of rotatable bonds is 6. The summed E-state index contributed by atoms with van der Waals surface area (Å²) in [6.45, 7) is 1.95. The zero-order valence-electron chi connectivity index (χ0n) is 17.7. The van der Waals surface area contributed by atoms with Crippen LogP contribution >= 0.6 is 39.3 Å². The van der Waals surface area contributed by atoms with E-state index in [1.165, 1.54) is 24.3 Å². The summed E-state index contributed by atoms with van der Waals surface area (Å²) in [5.74, 6) is -0.439. The molecule has 0 bridgehead atoms. The van der Waals surface area contributed by atoms with Gasteiger partial charge in [-0.25, -0.2) is 0 Å². The van der Waals surface area contributed by atoms with Gasteiger partial charge in [0.25, 0.3) is 11.1 Å². The van der Waals surface area contributed by atoms with Crippen molar-refractivity contribution in [2.24, 2.45) is 0 Å². The van der Waals surface area contributed by atoms with E-state index < -0.39 is 21.3 Å². The zero-order chi connectivity index (χ0) is 24.5. The van der Waals surface area contributed by atoms with Gasteiger partial charge in [-0.1, -0.05) is 57.4 Å². The second-order valence-electron chi connectivity index (χ2n) is 7.43. The topological polar surface area (TPSA) is 80.8 Å². The minimum Gasteiger partial charge on any atom is -0.378 e. The van der Waals surface area contributed by atoms with Crippen LogP contribution in [0.25, 0.3) is 6.08 Å². The van der Waals surface area contributed by atoms with Crippen molar-refractivity contribution >= 4 is 66.6 Å². The quantitative estimate of drug-likeness (QED) is 0.248. The van der Waals surface area contributed by atoms with Crippen LogP contribution in [-0.4, -0.2) is 24.5 Å². The first-order valence-corrected chi connectivity index (χ1v) is 13.3. The molecule has 0 aliphatic carbocycles. The molecule has 1 aliphatic rings. The summed E-state index contributed by atoms with van der Waals surface area (Å²) in [6.07, 6.45) is 1.46. The molecule has 3 aromatic rings. The van der Waals surface area contributed by atoms with Crippen molar-refractivity contribution in [3.05, 3.63) is 97.8 Å². The first-order valence-electron chi connectivity index (χ1n) is 9.93. The summed E-state index contributed by atoms with van der Waals surface area (Å²) >= 11 is 10.0. The molecule has 6 nitrogen and oxygen atoms in total. The van der Waals surface area contributed by atoms with Crippen LogP contribution in [0.15, 0.2) is 81.0 Å². The first kappa shape index (κ1) is 24.5. The molecule has 3 aromatic carbocycles. The molecule has 1 heterocycles. The van der Waals surface area contributed by atoms with Gasteiger partial charge >= 0.3 is 10.1 Å². The van der Waals surface area contributed by atoms with Gasteiger partial charge in [0, 0.05) is 15.1 Å². The molecule has 1 fully saturated rings. The highest BCUT2D eigenvalue weighted by Crippen LogP contribution is 2.36. The van der Waals surface area contributed by atoms with E-state index >= 15 is 0 Å². The zero-order valence-corrected chi connectivity index (χ0v) is 21.7. The van der Waals surface area contributed by atoms with Crippen molar-refractivity contribution in [2.75, 3.05) is 0 Å². The largest absolute Gasteiger partial charge is 0.378 e. The number of hydrogen-bond donors (Lipinski definition) is 0. The van der Waals surface area contributed by atoms with E-state index in [1.807, 2.05) is 6.92 Å². The highest BCUT2D eigenvalue weighted by molar-refractivity contribution is 9.10. The minimum atomic E-state index is -4.10. The van der Waals surface area contributed by atoms with E-state index in [0.717, 1.165) is 27.8 Å². The highest BCUT2D eigenvalue weighted by atomic mass is 79.9. The summed E-state index contributed by atoms with van der Waals surface area (Å²) in [5.41, 5.74) is 2.00. The third kappa shape index (κ3) is 5.55. The second-order valence-corrected chi connectivity index (χ2v) is 11.3. The van der Waals surface area contributed by atoms with Crippen LogP contribution < -0.4 is 4.18 Å². The van der Waals surface area contributed by atoms with Crippen LogP contribution in [0, 0.1) is 6.92 Å². The third-order valence-electron chi connectivity index (χ3n) is 4.90. The monoisotopic (exact) mass is 577 g/mol. The molecule has 0 aromatic heterocycles. The SMILES string of the molecule is Cc1ccc(S(=O)(=O)Oc2ccc(Br)cc2/C=C2\SC(=O)N(Cc3ccc(Cl)cc3)C2=O)cc1. The number of halogens is 2. The standard InChI is InChI=1S/C24H17BrClNO5S2/c1-15-2-9-20(10-3-15)34(30,31)32-21-11-6-18(25)12-17(21)13-22-23(28)27(24(29)33-22)14-16-4-7-19(26)8-5-16/h2-13H,14H2,1H3/b22-13-. The number of aryl methyl sites for hydroxylation is 1. The highest BCUT2D eigenvalue weighted by Gasteiger charge is 2.35. The van der Waals surface area contributed by atoms with Crippen molar-refractivity contribution in [3.8, 4) is 5.75 Å². The van der Waals surface area contributed by atoms with E-state index in [0.29, 0.717) is 15.1 Å². The van der Waals surface area contributed by atoms with Gasteiger partial charge in [-0.05, 0) is 72.8 Å². The molecule has 1 saturated heterocycles. The molecule has 0 spiro atoms. The molecular weight excluding hydrogens is 562 g/mol. The van der Waals surface area contributed by atoms with Crippen molar-refractivity contribution < 1.29 is 22.2 Å². The van der Waals surface area contributed by atoms with Gasteiger partial charge in [0.2, 0.25) is 0 Å². The Morgan fingerprint density at radius 2 is 1.71 bits per heavy atom. The molecule has 10 heteroatoms. The summed E-state index contributed by atoms with van der Waals surface area (Å²) in [5, 5.41) is 0.136. The fraction of sp³-hybridized carbons (Fsp3) is 0.0833. The average Bonchev–Trinajstić information content (AvgIpc) is 3.04. The predicted octanol–water partition coefficient (Wildman–Crippen LogP) is 6.42. The average molecular weight is 579 g/mol. The molecule has 2 amide bonds. The third-order valence-corrected chi connectivity index (χ3v) is 7.80. The Balaban J connectivity index is 1.62. The number of carbonyl (C=O) groups excluding carboxylic acids is 2. The smallest absolute Gasteiger partial charge is 0.339 e. The summed E-state index contributed by atoms with van der Waals surface area (Å²) in [7, 11) is -4.10. The predicted molar refractivity (Wildman–Crippen MR) is 136 cm³/mol. The molecule has 0 atom stereocenters. The van der Waals surface area contributed by atoms with Gasteiger partial charge in [0.15, 0.2) is 0 Å². The summed E-state index contributed by atoms with van der Waals surface area (Å²) in [4.78, 5) is 26.8. The number of hydrogen-bond acceptors (Lipinski definition) is 6. The van der Waals surface area contributed by atoms with Crippen LogP contribution in [0.1, 0.15) is 16.7 Å². The number of amides is 2. The number of imide groups is 1. The molecule has 0 N–H and O–H groups in total. The van der Waals surface area contributed by atoms with Crippen LogP contribution in [-0.2, 0) is 21.5 Å². The van der Waals surface area contributed by atoms with Crippen molar-refractivity contribution in [1.82, 2.24) is 4.90 Å². The van der Waals surface area contributed by atoms with E-state index in [4.69, 9.17) is 15.8 Å². The summed E-state index contributed by atoms with van der Waals surface area (Å²) < 4.78 is 31.6. The van der Waals surface area contributed by atoms with Gasteiger partial charge in [0.1, 0.15) is 10.6 Å². The van der Waals surface area contributed by atoms with E-state index in [2.05, 4.69) is 15.9 Å². The van der Waals surface area contributed by atoms with Crippen molar-refractivity contribution in [2.45, 2.75) is 18.4 Å². The molecule has 0 radical (unpaired) electrons. The second kappa shape index (κ2) is 9.95. The Labute approximate surface area is 214 Å². The van der Waals surface area contributed by atoms with Gasteiger partial charge in [-0.2, -0.15) is 8.42 Å². The molecule has 34 heavy (non-hydrogen) atoms. The van der Waals surface area contributed by atoms with Gasteiger partial charge in [0.05, 0.1) is 11.4 Å². The van der Waals surface area contributed by atoms with E-state index in [1.54, 1.807) is 48.5 Å². The van der Waals surface area contributed by atoms with E-state index in [9.17, 15) is 18.0 Å². The van der Waals surface area contributed by atoms with Gasteiger partial charge < -0.3 is 4.18 Å². The molecule has 174 valence electrons. The Morgan fingerprint density at radius 3 is 2.38 bits per heavy atom. The number of carbonyl (C=O) groups is 2. The van der Waals surface area contributed by atoms with Crippen LogP contribution in [0.5, 0.6) is 5.75 Å². The lowest BCUT2D eigenvalue weighted by molar-refractivity contribution is -0.123. The Hall–Kier alpha value is -2.59. The maximum absolute atomic E-state index is 12.9. The van der Waals surface area contributed by atoms with E-state index in [-0.39, 0.29) is 22.1 Å². The lowest BCUT2D eigenvalue weighted by atomic mass is 10.2. The maximum Gasteiger partial charge on any atom is 0.339 e. The van der Waals surface area contributed by atoms with Crippen LogP contribution in [0.3, 0.4) is 0 Å². The van der Waals surface area contributed by atoms with Crippen LogP contribution in [0.4, 0.5) is 4.79 Å². The number of nitrogens with zero attached hydrogens (tertiary/aromatic N) is 1. The van der Waals surface area contributed by atoms with Gasteiger partial charge in [-0.3, -0.25) is 14.5 Å². The normalized spacial score (nSPS) is 15.3. The number of benzene rings is 3. The maximum atomic E-state index is 12.9. The molecule has 0 unspecified atom stereocenters. The van der Waals surface area contributed by atoms with Crippen molar-refractivity contribution in [3.63, 3.8) is 0 Å². The molecule has 0 saturated carbocycles. The lowest BCUT2D eigenvalue weighted by Gasteiger charge is -2.12. The van der Waals surface area contributed by atoms with Gasteiger partial charge in [-0.15, -0.1) is 0 Å². The minimum absolute atomic E-state index is 0.00950. The Morgan fingerprint density at radius 1 is 1.03 bits per heavy atom.